The molecule has 1 atom stereocenters. The normalized spacial score (nSPS) is 12.0. The molecule has 0 fully saturated rings. The first-order valence-electron chi connectivity index (χ1n) is 8.57. The van der Waals surface area contributed by atoms with E-state index in [4.69, 9.17) is 0 Å². The molecular formula is C21H27N3O2. The van der Waals surface area contributed by atoms with Gasteiger partial charge in [0.25, 0.3) is 5.91 Å². The monoisotopic (exact) mass is 353 g/mol. The van der Waals surface area contributed by atoms with Gasteiger partial charge in [-0.1, -0.05) is 35.9 Å². The van der Waals surface area contributed by atoms with Crippen molar-refractivity contribution in [1.29, 1.82) is 0 Å². The van der Waals surface area contributed by atoms with Gasteiger partial charge in [-0.15, -0.1) is 0 Å². The van der Waals surface area contributed by atoms with Gasteiger partial charge in [0.15, 0.2) is 0 Å². The number of nitrogens with one attached hydrogen (secondary N) is 1. The summed E-state index contributed by atoms with van der Waals surface area (Å²) in [6.07, 6.45) is 0. The summed E-state index contributed by atoms with van der Waals surface area (Å²) in [5.41, 5.74) is 4.08. The molecule has 2 rings (SSSR count). The molecule has 5 heteroatoms. The van der Waals surface area contributed by atoms with Gasteiger partial charge in [-0.05, 0) is 51.2 Å². The van der Waals surface area contributed by atoms with Crippen LogP contribution in [0, 0.1) is 13.8 Å². The number of anilines is 1. The van der Waals surface area contributed by atoms with Crippen LogP contribution in [0.1, 0.15) is 33.1 Å². The molecule has 2 aromatic rings. The van der Waals surface area contributed by atoms with E-state index in [2.05, 4.69) is 5.32 Å². The Morgan fingerprint density at radius 1 is 0.923 bits per heavy atom. The van der Waals surface area contributed by atoms with Crippen molar-refractivity contribution in [2.75, 3.05) is 33.5 Å². The number of amides is 2. The molecule has 0 bridgehead atoms. The highest BCUT2D eigenvalue weighted by atomic mass is 16.2. The quantitative estimate of drug-likeness (QED) is 0.898. The van der Waals surface area contributed by atoms with Crippen LogP contribution in [0.2, 0.25) is 0 Å². The first-order valence-corrected chi connectivity index (χ1v) is 8.57. The predicted octanol–water partition coefficient (Wildman–Crippen LogP) is 3.25. The van der Waals surface area contributed by atoms with Gasteiger partial charge in [0.05, 0.1) is 0 Å². The summed E-state index contributed by atoms with van der Waals surface area (Å²) in [7, 11) is 7.19. The largest absolute Gasteiger partial charge is 0.345 e. The Hall–Kier alpha value is -2.66. The molecule has 0 saturated carbocycles. The number of hydrogen-bond acceptors (Lipinski definition) is 3. The standard InChI is InChI=1S/C21H27N3O2/c1-14-10-12-16(13-11-14)19(23(3)4)20(25)22-18-9-7-8-17(15(18)2)21(26)24(5)6/h7-13,19H,1-6H3,(H,22,25). The van der Waals surface area contributed by atoms with Gasteiger partial charge < -0.3 is 10.2 Å². The molecule has 0 radical (unpaired) electrons. The Kier molecular flexibility index (Phi) is 6.16. The molecule has 0 saturated heterocycles. The molecule has 138 valence electrons. The second-order valence-corrected chi connectivity index (χ2v) is 6.94. The maximum atomic E-state index is 13.0. The lowest BCUT2D eigenvalue weighted by molar-refractivity contribution is -0.120. The minimum atomic E-state index is -0.414. The average molecular weight is 353 g/mol. The Morgan fingerprint density at radius 2 is 1.54 bits per heavy atom. The average Bonchev–Trinajstić information content (AvgIpc) is 2.57. The SMILES string of the molecule is Cc1ccc(C(C(=O)Nc2cccc(C(=O)N(C)C)c2C)N(C)C)cc1. The summed E-state index contributed by atoms with van der Waals surface area (Å²) in [6.45, 7) is 3.87. The second kappa shape index (κ2) is 8.15. The summed E-state index contributed by atoms with van der Waals surface area (Å²) in [6, 6.07) is 12.9. The molecule has 0 aromatic heterocycles. The van der Waals surface area contributed by atoms with Crippen molar-refractivity contribution in [2.24, 2.45) is 0 Å². The van der Waals surface area contributed by atoms with Crippen LogP contribution < -0.4 is 5.32 Å². The van der Waals surface area contributed by atoms with Crippen LogP contribution in [0.25, 0.3) is 0 Å². The summed E-state index contributed by atoms with van der Waals surface area (Å²) >= 11 is 0. The van der Waals surface area contributed by atoms with E-state index in [9.17, 15) is 9.59 Å². The van der Waals surface area contributed by atoms with Crippen LogP contribution in [-0.4, -0.2) is 49.8 Å². The molecule has 26 heavy (non-hydrogen) atoms. The molecule has 2 aromatic carbocycles. The fraction of sp³-hybridized carbons (Fsp3) is 0.333. The third kappa shape index (κ3) is 4.29. The highest BCUT2D eigenvalue weighted by Gasteiger charge is 2.24. The number of rotatable bonds is 5. The lowest BCUT2D eigenvalue weighted by atomic mass is 10.0. The van der Waals surface area contributed by atoms with E-state index in [1.807, 2.05) is 63.2 Å². The van der Waals surface area contributed by atoms with Crippen LogP contribution in [0.15, 0.2) is 42.5 Å². The first kappa shape index (κ1) is 19.7. The molecule has 0 aliphatic rings. The van der Waals surface area contributed by atoms with Gasteiger partial charge in [0.2, 0.25) is 5.91 Å². The number of nitrogens with zero attached hydrogens (tertiary/aromatic N) is 2. The molecule has 0 aliphatic carbocycles. The topological polar surface area (TPSA) is 52.7 Å². The molecule has 1 N–H and O–H groups in total. The van der Waals surface area contributed by atoms with Crippen molar-refractivity contribution < 1.29 is 9.59 Å². The minimum absolute atomic E-state index is 0.0821. The molecule has 0 spiro atoms. The van der Waals surface area contributed by atoms with Crippen LogP contribution >= 0.6 is 0 Å². The summed E-state index contributed by atoms with van der Waals surface area (Å²) in [5.74, 6) is -0.210. The van der Waals surface area contributed by atoms with Crippen LogP contribution in [-0.2, 0) is 4.79 Å². The van der Waals surface area contributed by atoms with E-state index < -0.39 is 6.04 Å². The minimum Gasteiger partial charge on any atom is -0.345 e. The van der Waals surface area contributed by atoms with E-state index in [0.717, 1.165) is 16.7 Å². The molecule has 0 heterocycles. The third-order valence-corrected chi connectivity index (χ3v) is 4.39. The van der Waals surface area contributed by atoms with Crippen molar-refractivity contribution in [3.05, 3.63) is 64.7 Å². The summed E-state index contributed by atoms with van der Waals surface area (Å²) in [5, 5.41) is 2.99. The van der Waals surface area contributed by atoms with E-state index in [1.165, 1.54) is 4.90 Å². The number of hydrogen-bond donors (Lipinski definition) is 1. The van der Waals surface area contributed by atoms with Crippen molar-refractivity contribution in [2.45, 2.75) is 19.9 Å². The molecule has 1 unspecified atom stereocenters. The lowest BCUT2D eigenvalue weighted by Gasteiger charge is -2.25. The Balaban J connectivity index is 2.31. The van der Waals surface area contributed by atoms with E-state index in [-0.39, 0.29) is 11.8 Å². The van der Waals surface area contributed by atoms with Gasteiger partial charge in [-0.25, -0.2) is 0 Å². The summed E-state index contributed by atoms with van der Waals surface area (Å²) in [4.78, 5) is 28.7. The molecule has 5 nitrogen and oxygen atoms in total. The number of benzene rings is 2. The Bertz CT molecular complexity index is 795. The summed E-state index contributed by atoms with van der Waals surface area (Å²) < 4.78 is 0. The highest BCUT2D eigenvalue weighted by molar-refractivity contribution is 6.00. The van der Waals surface area contributed by atoms with Crippen molar-refractivity contribution in [3.63, 3.8) is 0 Å². The van der Waals surface area contributed by atoms with Gasteiger partial charge in [0.1, 0.15) is 6.04 Å². The van der Waals surface area contributed by atoms with E-state index in [1.54, 1.807) is 26.2 Å². The third-order valence-electron chi connectivity index (χ3n) is 4.39. The fourth-order valence-corrected chi connectivity index (χ4v) is 2.88. The zero-order valence-corrected chi connectivity index (χ0v) is 16.3. The molecule has 0 aliphatic heterocycles. The maximum Gasteiger partial charge on any atom is 0.253 e. The van der Waals surface area contributed by atoms with Crippen molar-refractivity contribution in [1.82, 2.24) is 9.80 Å². The van der Waals surface area contributed by atoms with Crippen LogP contribution in [0.3, 0.4) is 0 Å². The number of carbonyl (C=O) groups is 2. The van der Waals surface area contributed by atoms with Gasteiger partial charge >= 0.3 is 0 Å². The zero-order chi connectivity index (χ0) is 19.4. The fourth-order valence-electron chi connectivity index (χ4n) is 2.88. The van der Waals surface area contributed by atoms with Gasteiger partial charge in [0, 0.05) is 25.3 Å². The highest BCUT2D eigenvalue weighted by Crippen LogP contribution is 2.24. The second-order valence-electron chi connectivity index (χ2n) is 6.94. The zero-order valence-electron chi connectivity index (χ0n) is 16.3. The van der Waals surface area contributed by atoms with Crippen molar-refractivity contribution in [3.8, 4) is 0 Å². The smallest absolute Gasteiger partial charge is 0.253 e. The van der Waals surface area contributed by atoms with Crippen LogP contribution in [0.5, 0.6) is 0 Å². The number of aryl methyl sites for hydroxylation is 1. The Morgan fingerprint density at radius 3 is 2.08 bits per heavy atom. The lowest BCUT2D eigenvalue weighted by Crippen LogP contribution is -2.32. The van der Waals surface area contributed by atoms with E-state index in [0.29, 0.717) is 11.3 Å². The van der Waals surface area contributed by atoms with Crippen molar-refractivity contribution >= 4 is 17.5 Å². The number of carbonyl (C=O) groups excluding carboxylic acids is 2. The number of likely N-dealkylation sites (N-methyl/N-ethyl adjacent to an activating group) is 1. The Labute approximate surface area is 155 Å². The molecular weight excluding hydrogens is 326 g/mol. The van der Waals surface area contributed by atoms with Crippen LogP contribution in [0.4, 0.5) is 5.69 Å². The van der Waals surface area contributed by atoms with E-state index >= 15 is 0 Å². The maximum absolute atomic E-state index is 13.0. The molecule has 2 amide bonds. The van der Waals surface area contributed by atoms with Gasteiger partial charge in [-0.2, -0.15) is 0 Å². The first-order chi connectivity index (χ1) is 12.2. The predicted molar refractivity (Wildman–Crippen MR) is 105 cm³/mol. The van der Waals surface area contributed by atoms with Gasteiger partial charge in [-0.3, -0.25) is 14.5 Å².